The third kappa shape index (κ3) is 3.10. The second-order valence-corrected chi connectivity index (χ2v) is 4.05. The van der Waals surface area contributed by atoms with Crippen LogP contribution in [0.3, 0.4) is 0 Å². The Hall–Kier alpha value is -1.75. The number of pyridine rings is 1. The summed E-state index contributed by atoms with van der Waals surface area (Å²) < 4.78 is 1.94. The van der Waals surface area contributed by atoms with Crippen LogP contribution in [-0.2, 0) is 20.0 Å². The predicted octanol–water partition coefficient (Wildman–Crippen LogP) is 0.851. The van der Waals surface area contributed by atoms with Gasteiger partial charge in [0.25, 0.3) is 0 Å². The fraction of sp³-hybridized carbons (Fsp3) is 0.417. The van der Waals surface area contributed by atoms with E-state index < -0.39 is 0 Å². The van der Waals surface area contributed by atoms with Crippen molar-refractivity contribution < 1.29 is 0 Å². The first-order valence-electron chi connectivity index (χ1n) is 5.71. The van der Waals surface area contributed by atoms with Crippen LogP contribution in [0, 0.1) is 6.92 Å². The molecule has 17 heavy (non-hydrogen) atoms. The second kappa shape index (κ2) is 5.54. The molecule has 0 bridgehead atoms. The van der Waals surface area contributed by atoms with Crippen molar-refractivity contribution in [3.8, 4) is 0 Å². The van der Waals surface area contributed by atoms with Crippen molar-refractivity contribution in [1.82, 2.24) is 25.1 Å². The maximum absolute atomic E-state index is 4.33. The predicted molar refractivity (Wildman–Crippen MR) is 65.4 cm³/mol. The molecule has 0 atom stereocenters. The standard InChI is InChI=1S/C12H17N5/c1-10-4-3-6-14-11(10)8-13-7-5-12-16-15-9-17(12)2/h3-4,6,9,13H,5,7-8H2,1-2H3. The first-order chi connectivity index (χ1) is 8.27. The van der Waals surface area contributed by atoms with E-state index in [0.717, 1.165) is 31.0 Å². The zero-order valence-corrected chi connectivity index (χ0v) is 10.2. The summed E-state index contributed by atoms with van der Waals surface area (Å²) in [6, 6.07) is 4.03. The van der Waals surface area contributed by atoms with Crippen molar-refractivity contribution in [1.29, 1.82) is 0 Å². The van der Waals surface area contributed by atoms with Crippen molar-refractivity contribution >= 4 is 0 Å². The summed E-state index contributed by atoms with van der Waals surface area (Å²) in [7, 11) is 1.96. The molecule has 2 aromatic heterocycles. The Morgan fingerprint density at radius 2 is 2.29 bits per heavy atom. The molecule has 0 aliphatic heterocycles. The van der Waals surface area contributed by atoms with E-state index in [-0.39, 0.29) is 0 Å². The highest BCUT2D eigenvalue weighted by molar-refractivity contribution is 5.17. The lowest BCUT2D eigenvalue weighted by atomic mass is 10.2. The van der Waals surface area contributed by atoms with Crippen LogP contribution in [0.2, 0.25) is 0 Å². The van der Waals surface area contributed by atoms with E-state index in [1.54, 1.807) is 6.33 Å². The minimum atomic E-state index is 0.796. The average Bonchev–Trinajstić information content (AvgIpc) is 2.73. The molecule has 2 aromatic rings. The van der Waals surface area contributed by atoms with Gasteiger partial charge in [-0.3, -0.25) is 4.98 Å². The molecule has 0 aromatic carbocycles. The third-order valence-electron chi connectivity index (χ3n) is 2.74. The van der Waals surface area contributed by atoms with E-state index in [1.807, 2.05) is 23.9 Å². The topological polar surface area (TPSA) is 55.6 Å². The summed E-state index contributed by atoms with van der Waals surface area (Å²) in [5, 5.41) is 11.2. The third-order valence-corrected chi connectivity index (χ3v) is 2.74. The molecule has 2 heterocycles. The lowest BCUT2D eigenvalue weighted by Gasteiger charge is -2.06. The molecule has 0 fully saturated rings. The van der Waals surface area contributed by atoms with Crippen LogP contribution in [0.25, 0.3) is 0 Å². The molecular formula is C12H17N5. The quantitative estimate of drug-likeness (QED) is 0.775. The van der Waals surface area contributed by atoms with Crippen molar-refractivity contribution in [3.63, 3.8) is 0 Å². The second-order valence-electron chi connectivity index (χ2n) is 4.05. The fourth-order valence-corrected chi connectivity index (χ4v) is 1.64. The molecule has 0 aliphatic rings. The number of aryl methyl sites for hydroxylation is 2. The van der Waals surface area contributed by atoms with E-state index >= 15 is 0 Å². The van der Waals surface area contributed by atoms with Gasteiger partial charge in [0, 0.05) is 32.8 Å². The molecule has 90 valence electrons. The van der Waals surface area contributed by atoms with Crippen molar-refractivity contribution in [2.75, 3.05) is 6.54 Å². The summed E-state index contributed by atoms with van der Waals surface area (Å²) in [5.41, 5.74) is 2.32. The van der Waals surface area contributed by atoms with Gasteiger partial charge in [-0.1, -0.05) is 6.07 Å². The Balaban J connectivity index is 1.77. The van der Waals surface area contributed by atoms with Gasteiger partial charge in [0.2, 0.25) is 0 Å². The molecule has 0 spiro atoms. The molecule has 0 unspecified atom stereocenters. The van der Waals surface area contributed by atoms with Crippen LogP contribution < -0.4 is 5.32 Å². The number of hydrogen-bond acceptors (Lipinski definition) is 4. The maximum Gasteiger partial charge on any atom is 0.133 e. The van der Waals surface area contributed by atoms with Crippen molar-refractivity contribution in [3.05, 3.63) is 41.7 Å². The SMILES string of the molecule is Cc1cccnc1CNCCc1nncn1C. The van der Waals surface area contributed by atoms with Gasteiger partial charge in [-0.25, -0.2) is 0 Å². The van der Waals surface area contributed by atoms with E-state index in [9.17, 15) is 0 Å². The number of aromatic nitrogens is 4. The van der Waals surface area contributed by atoms with Crippen LogP contribution >= 0.6 is 0 Å². The molecule has 0 saturated carbocycles. The van der Waals surface area contributed by atoms with Crippen LogP contribution in [0.1, 0.15) is 17.1 Å². The summed E-state index contributed by atoms with van der Waals surface area (Å²) in [6.45, 7) is 3.75. The molecule has 0 radical (unpaired) electrons. The Kier molecular flexibility index (Phi) is 3.82. The van der Waals surface area contributed by atoms with E-state index in [0.29, 0.717) is 0 Å². The molecule has 0 amide bonds. The van der Waals surface area contributed by atoms with Gasteiger partial charge in [-0.2, -0.15) is 0 Å². The normalized spacial score (nSPS) is 10.7. The number of nitrogens with zero attached hydrogens (tertiary/aromatic N) is 4. The summed E-state index contributed by atoms with van der Waals surface area (Å²) in [6.07, 6.45) is 4.42. The van der Waals surface area contributed by atoms with Gasteiger partial charge in [-0.15, -0.1) is 10.2 Å². The summed E-state index contributed by atoms with van der Waals surface area (Å²) in [4.78, 5) is 4.33. The van der Waals surface area contributed by atoms with Gasteiger partial charge in [0.05, 0.1) is 5.69 Å². The Morgan fingerprint density at radius 1 is 1.41 bits per heavy atom. The first kappa shape index (κ1) is 11.7. The van der Waals surface area contributed by atoms with E-state index in [2.05, 4.69) is 33.5 Å². The van der Waals surface area contributed by atoms with E-state index in [1.165, 1.54) is 5.56 Å². The molecule has 1 N–H and O–H groups in total. The smallest absolute Gasteiger partial charge is 0.133 e. The average molecular weight is 231 g/mol. The largest absolute Gasteiger partial charge is 0.321 e. The van der Waals surface area contributed by atoms with Gasteiger partial charge >= 0.3 is 0 Å². The maximum atomic E-state index is 4.33. The van der Waals surface area contributed by atoms with Crippen LogP contribution in [0.15, 0.2) is 24.7 Å². The number of hydrogen-bond donors (Lipinski definition) is 1. The lowest BCUT2D eigenvalue weighted by Crippen LogP contribution is -2.19. The number of nitrogens with one attached hydrogen (secondary N) is 1. The van der Waals surface area contributed by atoms with Crippen LogP contribution in [-0.4, -0.2) is 26.3 Å². The number of rotatable bonds is 5. The lowest BCUT2D eigenvalue weighted by molar-refractivity contribution is 0.643. The highest BCUT2D eigenvalue weighted by Crippen LogP contribution is 2.02. The monoisotopic (exact) mass is 231 g/mol. The van der Waals surface area contributed by atoms with Crippen LogP contribution in [0.4, 0.5) is 0 Å². The van der Waals surface area contributed by atoms with E-state index in [4.69, 9.17) is 0 Å². The Morgan fingerprint density at radius 3 is 3.00 bits per heavy atom. The van der Waals surface area contributed by atoms with Gasteiger partial charge in [-0.05, 0) is 18.6 Å². The van der Waals surface area contributed by atoms with Gasteiger partial charge in [0.15, 0.2) is 0 Å². The van der Waals surface area contributed by atoms with Gasteiger partial charge < -0.3 is 9.88 Å². The Bertz CT molecular complexity index is 477. The zero-order chi connectivity index (χ0) is 12.1. The highest BCUT2D eigenvalue weighted by atomic mass is 15.2. The molecule has 5 nitrogen and oxygen atoms in total. The minimum Gasteiger partial charge on any atom is -0.321 e. The molecule has 5 heteroatoms. The molecule has 0 aliphatic carbocycles. The fourth-order valence-electron chi connectivity index (χ4n) is 1.64. The van der Waals surface area contributed by atoms with Crippen LogP contribution in [0.5, 0.6) is 0 Å². The zero-order valence-electron chi connectivity index (χ0n) is 10.2. The Labute approximate surface area is 101 Å². The molecule has 2 rings (SSSR count). The highest BCUT2D eigenvalue weighted by Gasteiger charge is 2.01. The first-order valence-corrected chi connectivity index (χ1v) is 5.71. The molecular weight excluding hydrogens is 214 g/mol. The summed E-state index contributed by atoms with van der Waals surface area (Å²) >= 11 is 0. The summed E-state index contributed by atoms with van der Waals surface area (Å²) in [5.74, 6) is 0.996. The minimum absolute atomic E-state index is 0.796. The molecule has 0 saturated heterocycles. The van der Waals surface area contributed by atoms with Crippen molar-refractivity contribution in [2.24, 2.45) is 7.05 Å². The van der Waals surface area contributed by atoms with Gasteiger partial charge in [0.1, 0.15) is 12.2 Å². The van der Waals surface area contributed by atoms with Crippen molar-refractivity contribution in [2.45, 2.75) is 19.9 Å².